The summed E-state index contributed by atoms with van der Waals surface area (Å²) in [5, 5.41) is 8.43. The van der Waals surface area contributed by atoms with Crippen LogP contribution in [0.5, 0.6) is 0 Å². The third-order valence-electron chi connectivity index (χ3n) is 1.16. The predicted molar refractivity (Wildman–Crippen MR) is 37.8 cm³/mol. The van der Waals surface area contributed by atoms with Crippen molar-refractivity contribution >= 4 is 11.7 Å². The first-order valence-electron chi connectivity index (χ1n) is 2.79. The van der Waals surface area contributed by atoms with Crippen LogP contribution in [0.25, 0.3) is 0 Å². The van der Waals surface area contributed by atoms with Crippen LogP contribution in [0.1, 0.15) is 10.4 Å². The molecule has 0 fully saturated rings. The molecular weight excluding hydrogens is 238 g/mol. The first-order chi connectivity index (χ1) is 4.70. The van der Waals surface area contributed by atoms with E-state index in [1.54, 1.807) is 12.1 Å². The zero-order chi connectivity index (χ0) is 7.56. The van der Waals surface area contributed by atoms with Crippen molar-refractivity contribution in [1.82, 2.24) is 0 Å². The van der Waals surface area contributed by atoms with Crippen molar-refractivity contribution in [1.29, 1.82) is 0 Å². The van der Waals surface area contributed by atoms with Gasteiger partial charge >= 0.3 is 5.97 Å². The maximum Gasteiger partial charge on any atom is 0.335 e. The molecule has 1 rings (SSSR count). The fourth-order valence-electron chi connectivity index (χ4n) is 0.626. The van der Waals surface area contributed by atoms with Crippen molar-refractivity contribution < 1.29 is 32.3 Å². The Hall–Kier alpha value is -0.770. The van der Waals surface area contributed by atoms with Gasteiger partial charge in [0.25, 0.3) is 0 Å². The number of carboxylic acids is 1. The normalized spacial score (nSPS) is 8.36. The Morgan fingerprint density at radius 1 is 1.27 bits per heavy atom. The number of hydrogen-bond acceptors (Lipinski definition) is 2. The van der Waals surface area contributed by atoms with Gasteiger partial charge in [-0.3, -0.25) is 0 Å². The van der Waals surface area contributed by atoms with E-state index in [1.165, 1.54) is 12.1 Å². The second-order valence-corrected chi connectivity index (χ2v) is 1.93. The van der Waals surface area contributed by atoms with Gasteiger partial charge in [-0.05, 0) is 24.3 Å². The van der Waals surface area contributed by atoms with Crippen LogP contribution in [0.4, 0.5) is 5.69 Å². The molecule has 0 aliphatic rings. The van der Waals surface area contributed by atoms with Crippen LogP contribution >= 0.6 is 0 Å². The maximum absolute atomic E-state index is 10.3. The molecule has 0 saturated heterocycles. The van der Waals surface area contributed by atoms with Crippen LogP contribution in [-0.4, -0.2) is 11.1 Å². The van der Waals surface area contributed by atoms with E-state index in [2.05, 4.69) is 0 Å². The van der Waals surface area contributed by atoms with Crippen molar-refractivity contribution in [3.05, 3.63) is 29.8 Å². The average molecular weight is 245 g/mol. The second kappa shape index (κ2) is 4.18. The number of nitrogens with two attached hydrogens (primary N) is 1. The van der Waals surface area contributed by atoms with Gasteiger partial charge in [0.05, 0.1) is 5.56 Å². The van der Waals surface area contributed by atoms with E-state index >= 15 is 0 Å². The van der Waals surface area contributed by atoms with E-state index in [9.17, 15) is 4.79 Å². The molecule has 1 aromatic rings. The molecule has 0 unspecified atom stereocenters. The summed E-state index contributed by atoms with van der Waals surface area (Å²) in [6.07, 6.45) is 0. The van der Waals surface area contributed by atoms with Gasteiger partial charge in [-0.1, -0.05) is 0 Å². The molecule has 0 bridgehead atoms. The first kappa shape index (κ1) is 10.2. The maximum atomic E-state index is 10.3. The van der Waals surface area contributed by atoms with Crippen LogP contribution in [0, 0.1) is 0 Å². The van der Waals surface area contributed by atoms with Gasteiger partial charge in [-0.25, -0.2) is 4.79 Å². The molecule has 0 aliphatic heterocycles. The standard InChI is InChI=1S/C7H7NO2.Ag/c8-6-3-1-5(2-4-6)7(9)10;/h1-4H,8H2,(H,9,10);. The molecule has 0 amide bonds. The fraction of sp³-hybridized carbons (Fsp3) is 0. The Balaban J connectivity index is 0.000001000. The summed E-state index contributed by atoms with van der Waals surface area (Å²) < 4.78 is 0. The number of rotatable bonds is 1. The molecule has 0 spiro atoms. The summed E-state index contributed by atoms with van der Waals surface area (Å²) in [6.45, 7) is 0. The summed E-state index contributed by atoms with van der Waals surface area (Å²) in [7, 11) is 0. The molecule has 1 aromatic carbocycles. The van der Waals surface area contributed by atoms with Crippen LogP contribution in [0.15, 0.2) is 24.3 Å². The van der Waals surface area contributed by atoms with Gasteiger partial charge in [-0.15, -0.1) is 0 Å². The number of aromatic carboxylic acids is 1. The van der Waals surface area contributed by atoms with Crippen LogP contribution < -0.4 is 5.73 Å². The Bertz CT molecular complexity index is 245. The number of benzene rings is 1. The summed E-state index contributed by atoms with van der Waals surface area (Å²) in [6, 6.07) is 6.06. The molecular formula is C7H7AgNO2. The van der Waals surface area contributed by atoms with E-state index in [-0.39, 0.29) is 27.9 Å². The second-order valence-electron chi connectivity index (χ2n) is 1.93. The molecule has 63 valence electrons. The van der Waals surface area contributed by atoms with E-state index in [0.29, 0.717) is 5.69 Å². The third-order valence-corrected chi connectivity index (χ3v) is 1.16. The number of anilines is 1. The van der Waals surface area contributed by atoms with E-state index in [4.69, 9.17) is 10.8 Å². The quantitative estimate of drug-likeness (QED) is 0.572. The number of nitrogen functional groups attached to an aromatic ring is 1. The minimum atomic E-state index is -0.931. The fourth-order valence-corrected chi connectivity index (χ4v) is 0.626. The van der Waals surface area contributed by atoms with Crippen molar-refractivity contribution in [2.75, 3.05) is 5.73 Å². The molecule has 4 heteroatoms. The Morgan fingerprint density at radius 3 is 2.09 bits per heavy atom. The van der Waals surface area contributed by atoms with Crippen LogP contribution in [-0.2, 0) is 22.4 Å². The van der Waals surface area contributed by atoms with Gasteiger partial charge in [-0.2, -0.15) is 0 Å². The monoisotopic (exact) mass is 244 g/mol. The van der Waals surface area contributed by atoms with E-state index in [1.807, 2.05) is 0 Å². The Kier molecular flexibility index (Phi) is 3.89. The van der Waals surface area contributed by atoms with Crippen LogP contribution in [0.3, 0.4) is 0 Å². The van der Waals surface area contributed by atoms with Crippen molar-refractivity contribution in [3.8, 4) is 0 Å². The van der Waals surface area contributed by atoms with Crippen LogP contribution in [0.2, 0.25) is 0 Å². The summed E-state index contributed by atoms with van der Waals surface area (Å²) in [4.78, 5) is 10.3. The van der Waals surface area contributed by atoms with Gasteiger partial charge in [0, 0.05) is 28.1 Å². The molecule has 0 heterocycles. The molecule has 3 N–H and O–H groups in total. The molecule has 3 nitrogen and oxygen atoms in total. The molecule has 0 saturated carbocycles. The van der Waals surface area contributed by atoms with Crippen molar-refractivity contribution in [3.63, 3.8) is 0 Å². The third kappa shape index (κ3) is 2.76. The SMILES string of the molecule is Nc1ccc(C(=O)O)cc1.[Ag]. The number of hydrogen-bond donors (Lipinski definition) is 2. The first-order valence-corrected chi connectivity index (χ1v) is 2.79. The Morgan fingerprint density at radius 2 is 1.73 bits per heavy atom. The van der Waals surface area contributed by atoms with Gasteiger partial charge < -0.3 is 10.8 Å². The van der Waals surface area contributed by atoms with Gasteiger partial charge in [0.15, 0.2) is 0 Å². The van der Waals surface area contributed by atoms with Gasteiger partial charge in [0.2, 0.25) is 0 Å². The molecule has 0 aliphatic carbocycles. The largest absolute Gasteiger partial charge is 0.478 e. The van der Waals surface area contributed by atoms with E-state index < -0.39 is 5.97 Å². The summed E-state index contributed by atoms with van der Waals surface area (Å²) >= 11 is 0. The summed E-state index contributed by atoms with van der Waals surface area (Å²) in [5.41, 5.74) is 6.17. The predicted octanol–water partition coefficient (Wildman–Crippen LogP) is 0.965. The van der Waals surface area contributed by atoms with Crippen molar-refractivity contribution in [2.24, 2.45) is 0 Å². The Labute approximate surface area is 79.7 Å². The minimum Gasteiger partial charge on any atom is -0.478 e. The molecule has 0 aromatic heterocycles. The van der Waals surface area contributed by atoms with Gasteiger partial charge in [0.1, 0.15) is 0 Å². The average Bonchev–Trinajstić information content (AvgIpc) is 1.88. The number of carbonyl (C=O) groups is 1. The molecule has 11 heavy (non-hydrogen) atoms. The smallest absolute Gasteiger partial charge is 0.335 e. The minimum absolute atomic E-state index is 0. The molecule has 0 atom stereocenters. The van der Waals surface area contributed by atoms with E-state index in [0.717, 1.165) is 0 Å². The van der Waals surface area contributed by atoms with Crippen molar-refractivity contribution in [2.45, 2.75) is 0 Å². The molecule has 1 radical (unpaired) electrons. The topological polar surface area (TPSA) is 63.3 Å². The summed E-state index contributed by atoms with van der Waals surface area (Å²) in [5.74, 6) is -0.931. The zero-order valence-corrected chi connectivity index (χ0v) is 7.03. The zero-order valence-electron chi connectivity index (χ0n) is 5.54. The number of carboxylic acid groups (broad SMARTS) is 1.